The number of morpholine rings is 1. The van der Waals surface area contributed by atoms with E-state index in [0.717, 1.165) is 11.3 Å². The lowest BCUT2D eigenvalue weighted by atomic mass is 10.2. The number of halogens is 1. The summed E-state index contributed by atoms with van der Waals surface area (Å²) in [5.41, 5.74) is 1.32. The quantitative estimate of drug-likeness (QED) is 0.348. The van der Waals surface area contributed by atoms with Crippen LogP contribution in [0.4, 0.5) is 5.13 Å². The number of thioether (sulfide) groups is 1. The van der Waals surface area contributed by atoms with Gasteiger partial charge in [0.15, 0.2) is 4.34 Å². The van der Waals surface area contributed by atoms with Crippen LogP contribution in [0.5, 0.6) is 0 Å². The van der Waals surface area contributed by atoms with Crippen molar-refractivity contribution in [2.45, 2.75) is 41.0 Å². The van der Waals surface area contributed by atoms with Crippen molar-refractivity contribution in [2.24, 2.45) is 0 Å². The Hall–Kier alpha value is -2.02. The number of hydrogen-bond acceptors (Lipinski definition) is 8. The van der Waals surface area contributed by atoms with Gasteiger partial charge in [0, 0.05) is 24.4 Å². The minimum Gasteiger partial charge on any atom is -0.373 e. The van der Waals surface area contributed by atoms with Gasteiger partial charge in [0.25, 0.3) is 5.91 Å². The fraction of sp³-hybridized carbons (Fsp3) is 0.318. The molecule has 2 heterocycles. The predicted molar refractivity (Wildman–Crippen MR) is 134 cm³/mol. The van der Waals surface area contributed by atoms with Gasteiger partial charge in [-0.2, -0.15) is 4.31 Å². The number of carbonyl (C=O) groups excluding carboxylic acids is 1. The number of rotatable bonds is 7. The van der Waals surface area contributed by atoms with Crippen LogP contribution in [-0.2, 0) is 20.5 Å². The van der Waals surface area contributed by atoms with E-state index >= 15 is 0 Å². The van der Waals surface area contributed by atoms with Crippen LogP contribution in [-0.4, -0.2) is 54.1 Å². The fourth-order valence-electron chi connectivity index (χ4n) is 3.52. The van der Waals surface area contributed by atoms with Gasteiger partial charge in [-0.1, -0.05) is 65.0 Å². The summed E-state index contributed by atoms with van der Waals surface area (Å²) >= 11 is 9.01. The number of hydrogen-bond donors (Lipinski definition) is 1. The molecule has 0 bridgehead atoms. The van der Waals surface area contributed by atoms with Crippen molar-refractivity contribution in [1.29, 1.82) is 0 Å². The van der Waals surface area contributed by atoms with Crippen molar-refractivity contribution < 1.29 is 17.9 Å². The molecule has 1 aromatic heterocycles. The molecule has 0 spiro atoms. The highest BCUT2D eigenvalue weighted by atomic mass is 35.5. The molecule has 1 N–H and O–H groups in total. The van der Waals surface area contributed by atoms with Crippen molar-refractivity contribution in [3.8, 4) is 0 Å². The average Bonchev–Trinajstić information content (AvgIpc) is 3.25. The van der Waals surface area contributed by atoms with Crippen molar-refractivity contribution in [3.05, 3.63) is 64.7 Å². The molecular weight excluding hydrogens is 516 g/mol. The van der Waals surface area contributed by atoms with Gasteiger partial charge in [0.2, 0.25) is 15.2 Å². The zero-order chi connectivity index (χ0) is 24.3. The molecule has 0 aliphatic carbocycles. The van der Waals surface area contributed by atoms with E-state index in [1.165, 1.54) is 45.6 Å². The fourth-order valence-corrected chi connectivity index (χ4v) is 7.31. The second kappa shape index (κ2) is 10.7. The number of ether oxygens (including phenoxy) is 1. The van der Waals surface area contributed by atoms with Crippen LogP contribution in [0.2, 0.25) is 5.02 Å². The van der Waals surface area contributed by atoms with Crippen LogP contribution in [0.1, 0.15) is 29.8 Å². The Morgan fingerprint density at radius 2 is 1.88 bits per heavy atom. The first-order valence-corrected chi connectivity index (χ1v) is 14.1. The standard InChI is InChI=1S/C22H23ClN4O4S3/c1-14-11-27(12-15(2)31-14)34(29,30)19-10-17(8-9-18(19)23)20(28)24-21-25-26-22(33-21)32-13-16-6-4-3-5-7-16/h3-10,14-15H,11-13H2,1-2H3,(H,24,25,28). The first-order chi connectivity index (χ1) is 16.2. The molecule has 12 heteroatoms. The topological polar surface area (TPSA) is 101 Å². The predicted octanol–water partition coefficient (Wildman–Crippen LogP) is 4.53. The summed E-state index contributed by atoms with van der Waals surface area (Å²) < 4.78 is 34.2. The lowest BCUT2D eigenvalue weighted by Gasteiger charge is -2.34. The maximum Gasteiger partial charge on any atom is 0.257 e. The van der Waals surface area contributed by atoms with Gasteiger partial charge in [0.1, 0.15) is 4.90 Å². The van der Waals surface area contributed by atoms with Crippen LogP contribution in [0.3, 0.4) is 0 Å². The highest BCUT2D eigenvalue weighted by Gasteiger charge is 2.34. The molecule has 2 unspecified atom stereocenters. The van der Waals surface area contributed by atoms with Crippen LogP contribution in [0.15, 0.2) is 57.8 Å². The molecular formula is C22H23ClN4O4S3. The SMILES string of the molecule is CC1CN(S(=O)(=O)c2cc(C(=O)Nc3nnc(SCc4ccccc4)s3)ccc2Cl)CC(C)O1. The molecule has 1 fully saturated rings. The van der Waals surface area contributed by atoms with Gasteiger partial charge in [-0.05, 0) is 37.6 Å². The van der Waals surface area contributed by atoms with Gasteiger partial charge in [0.05, 0.1) is 17.2 Å². The van der Waals surface area contributed by atoms with E-state index < -0.39 is 15.9 Å². The van der Waals surface area contributed by atoms with E-state index in [0.29, 0.717) is 9.47 Å². The number of amides is 1. The highest BCUT2D eigenvalue weighted by molar-refractivity contribution is 8.00. The lowest BCUT2D eigenvalue weighted by Crippen LogP contribution is -2.48. The summed E-state index contributed by atoms with van der Waals surface area (Å²) in [7, 11) is -3.90. The van der Waals surface area contributed by atoms with E-state index in [-0.39, 0.29) is 40.8 Å². The molecule has 8 nitrogen and oxygen atoms in total. The smallest absolute Gasteiger partial charge is 0.257 e. The third-order valence-corrected chi connectivity index (χ3v) is 9.39. The molecule has 4 rings (SSSR count). The Labute approximate surface area is 211 Å². The number of nitrogens with one attached hydrogen (secondary N) is 1. The summed E-state index contributed by atoms with van der Waals surface area (Å²) in [4.78, 5) is 12.7. The second-order valence-corrected chi connectivity index (χ2v) is 12.3. The Kier molecular flexibility index (Phi) is 7.90. The molecule has 1 aliphatic heterocycles. The van der Waals surface area contributed by atoms with E-state index in [9.17, 15) is 13.2 Å². The third-order valence-electron chi connectivity index (χ3n) is 5.03. The molecule has 0 saturated carbocycles. The van der Waals surface area contributed by atoms with Crippen molar-refractivity contribution in [1.82, 2.24) is 14.5 Å². The van der Waals surface area contributed by atoms with E-state index in [4.69, 9.17) is 16.3 Å². The zero-order valence-corrected chi connectivity index (χ0v) is 21.7. The molecule has 1 saturated heterocycles. The first-order valence-electron chi connectivity index (χ1n) is 10.5. The van der Waals surface area contributed by atoms with Crippen molar-refractivity contribution >= 4 is 55.8 Å². The lowest BCUT2D eigenvalue weighted by molar-refractivity contribution is -0.0440. The molecule has 1 aliphatic rings. The molecule has 2 atom stereocenters. The van der Waals surface area contributed by atoms with Crippen LogP contribution >= 0.6 is 34.7 Å². The summed E-state index contributed by atoms with van der Waals surface area (Å²) in [5, 5.41) is 11.2. The van der Waals surface area contributed by atoms with Gasteiger partial charge >= 0.3 is 0 Å². The highest BCUT2D eigenvalue weighted by Crippen LogP contribution is 2.30. The Balaban J connectivity index is 1.46. The average molecular weight is 539 g/mol. The molecule has 3 aromatic rings. The molecule has 2 aromatic carbocycles. The second-order valence-electron chi connectivity index (χ2n) is 7.83. The Morgan fingerprint density at radius 1 is 1.18 bits per heavy atom. The van der Waals surface area contributed by atoms with Gasteiger partial charge in [-0.3, -0.25) is 10.1 Å². The molecule has 1 amide bonds. The maximum absolute atomic E-state index is 13.3. The van der Waals surface area contributed by atoms with Crippen molar-refractivity contribution in [3.63, 3.8) is 0 Å². The molecule has 180 valence electrons. The number of nitrogens with zero attached hydrogens (tertiary/aromatic N) is 3. The Morgan fingerprint density at radius 3 is 2.59 bits per heavy atom. The summed E-state index contributed by atoms with van der Waals surface area (Å²) in [5.74, 6) is 0.244. The number of aromatic nitrogens is 2. The van der Waals surface area contributed by atoms with Crippen LogP contribution in [0, 0.1) is 0 Å². The third kappa shape index (κ3) is 5.96. The van der Waals surface area contributed by atoms with Gasteiger partial charge in [-0.25, -0.2) is 8.42 Å². The maximum atomic E-state index is 13.3. The Bertz CT molecular complexity index is 1260. The largest absolute Gasteiger partial charge is 0.373 e. The van der Waals surface area contributed by atoms with Gasteiger partial charge < -0.3 is 4.74 Å². The molecule has 0 radical (unpaired) electrons. The molecule has 34 heavy (non-hydrogen) atoms. The zero-order valence-electron chi connectivity index (χ0n) is 18.5. The number of benzene rings is 2. The van der Waals surface area contributed by atoms with Crippen LogP contribution < -0.4 is 5.32 Å². The van der Waals surface area contributed by atoms with Crippen molar-refractivity contribution in [2.75, 3.05) is 18.4 Å². The number of anilines is 1. The summed E-state index contributed by atoms with van der Waals surface area (Å²) in [6, 6.07) is 14.2. The van der Waals surface area contributed by atoms with Crippen LogP contribution in [0.25, 0.3) is 0 Å². The van der Waals surface area contributed by atoms with E-state index in [1.54, 1.807) is 0 Å². The summed E-state index contributed by atoms with van der Waals surface area (Å²) in [6.07, 6.45) is -0.481. The minimum absolute atomic E-state index is 0.0545. The number of sulfonamides is 1. The minimum atomic E-state index is -3.90. The summed E-state index contributed by atoms with van der Waals surface area (Å²) in [6.45, 7) is 4.07. The number of carbonyl (C=O) groups is 1. The first kappa shape index (κ1) is 25.1. The monoisotopic (exact) mass is 538 g/mol. The van der Waals surface area contributed by atoms with E-state index in [2.05, 4.69) is 15.5 Å². The van der Waals surface area contributed by atoms with E-state index in [1.807, 2.05) is 44.2 Å². The normalized spacial score (nSPS) is 19.1. The van der Waals surface area contributed by atoms with Gasteiger partial charge in [-0.15, -0.1) is 10.2 Å².